The van der Waals surface area contributed by atoms with Gasteiger partial charge in [0, 0.05) is 0 Å². The second kappa shape index (κ2) is 8.74. The minimum Gasteiger partial charge on any atom is -0.493 e. The van der Waals surface area contributed by atoms with Crippen LogP contribution in [0.3, 0.4) is 0 Å². The quantitative estimate of drug-likeness (QED) is 0.527. The molecule has 0 saturated heterocycles. The molecule has 0 aromatic heterocycles. The molecule has 0 radical (unpaired) electrons. The predicted octanol–water partition coefficient (Wildman–Crippen LogP) is 3.38. The molecule has 1 aliphatic rings. The van der Waals surface area contributed by atoms with Gasteiger partial charge in [0.25, 0.3) is 0 Å². The number of ether oxygens (including phenoxy) is 4. The van der Waals surface area contributed by atoms with Crippen LogP contribution in [-0.4, -0.2) is 38.7 Å². The minimum atomic E-state index is -0.732. The van der Waals surface area contributed by atoms with Crippen LogP contribution < -0.4 is 9.47 Å². The van der Waals surface area contributed by atoms with Crippen molar-refractivity contribution in [3.8, 4) is 11.5 Å². The first kappa shape index (κ1) is 20.3. The molecule has 2 aromatic carbocycles. The van der Waals surface area contributed by atoms with Crippen LogP contribution in [0.25, 0.3) is 6.08 Å². The molecule has 3 rings (SSSR count). The van der Waals surface area contributed by atoms with Crippen molar-refractivity contribution in [1.29, 1.82) is 0 Å². The molecule has 0 spiro atoms. The molecule has 0 fully saturated rings. The fourth-order valence-corrected chi connectivity index (χ4v) is 2.74. The topological polar surface area (TPSA) is 83.4 Å². The van der Waals surface area contributed by atoms with E-state index in [9.17, 15) is 14.0 Å². The van der Waals surface area contributed by atoms with Gasteiger partial charge in [0.1, 0.15) is 5.82 Å². The summed E-state index contributed by atoms with van der Waals surface area (Å²) in [6.45, 7) is -0.352. The number of carbonyl (C=O) groups is 2. The van der Waals surface area contributed by atoms with Crippen LogP contribution in [-0.2, 0) is 19.1 Å². The van der Waals surface area contributed by atoms with Gasteiger partial charge in [0.2, 0.25) is 5.90 Å². The Morgan fingerprint density at radius 1 is 1.28 bits per heavy atom. The summed E-state index contributed by atoms with van der Waals surface area (Å²) in [6, 6.07) is 8.85. The Morgan fingerprint density at radius 2 is 2.03 bits per heavy atom. The van der Waals surface area contributed by atoms with Crippen molar-refractivity contribution in [3.63, 3.8) is 0 Å². The maximum atomic E-state index is 13.9. The number of aliphatic imine (C=N–C) groups is 1. The number of hydrogen-bond donors (Lipinski definition) is 0. The van der Waals surface area contributed by atoms with Crippen LogP contribution in [0.4, 0.5) is 4.39 Å². The Bertz CT molecular complexity index is 1030. The van der Waals surface area contributed by atoms with Crippen LogP contribution in [0, 0.1) is 5.82 Å². The molecule has 0 amide bonds. The molecule has 0 N–H and O–H groups in total. The molecule has 150 valence electrons. The van der Waals surface area contributed by atoms with Gasteiger partial charge in [-0.05, 0) is 35.9 Å². The van der Waals surface area contributed by atoms with E-state index >= 15 is 0 Å². The van der Waals surface area contributed by atoms with Crippen LogP contribution in [0.15, 0.2) is 47.1 Å². The van der Waals surface area contributed by atoms with Gasteiger partial charge in [-0.25, -0.2) is 19.0 Å². The molecular formula is C20H15ClFNO6. The molecule has 29 heavy (non-hydrogen) atoms. The maximum absolute atomic E-state index is 13.9. The highest BCUT2D eigenvalue weighted by Gasteiger charge is 2.26. The Labute approximate surface area is 170 Å². The number of carbonyl (C=O) groups excluding carboxylic acids is 2. The lowest BCUT2D eigenvalue weighted by atomic mass is 10.1. The highest BCUT2D eigenvalue weighted by Crippen LogP contribution is 2.37. The van der Waals surface area contributed by atoms with Gasteiger partial charge in [-0.3, -0.25) is 0 Å². The summed E-state index contributed by atoms with van der Waals surface area (Å²) in [6.07, 6.45) is 1.41. The van der Waals surface area contributed by atoms with Crippen molar-refractivity contribution >= 4 is 35.5 Å². The van der Waals surface area contributed by atoms with E-state index in [2.05, 4.69) is 9.73 Å². The van der Waals surface area contributed by atoms with E-state index in [0.29, 0.717) is 5.56 Å². The van der Waals surface area contributed by atoms with Crippen LogP contribution in [0.2, 0.25) is 5.02 Å². The van der Waals surface area contributed by atoms with E-state index in [0.717, 1.165) is 0 Å². The van der Waals surface area contributed by atoms with Gasteiger partial charge in [0.05, 0.1) is 24.8 Å². The summed E-state index contributed by atoms with van der Waals surface area (Å²) in [7, 11) is 2.63. The third kappa shape index (κ3) is 4.55. The van der Waals surface area contributed by atoms with Crippen molar-refractivity contribution in [3.05, 3.63) is 64.1 Å². The largest absolute Gasteiger partial charge is 0.493 e. The fourth-order valence-electron chi connectivity index (χ4n) is 2.47. The zero-order valence-electron chi connectivity index (χ0n) is 15.4. The molecule has 0 unspecified atom stereocenters. The van der Waals surface area contributed by atoms with E-state index < -0.39 is 17.8 Å². The lowest BCUT2D eigenvalue weighted by molar-refractivity contribution is -0.143. The van der Waals surface area contributed by atoms with Gasteiger partial charge in [-0.2, -0.15) is 0 Å². The normalized spacial score (nSPS) is 14.4. The zero-order valence-corrected chi connectivity index (χ0v) is 16.2. The molecular weight excluding hydrogens is 405 g/mol. The molecule has 0 bridgehead atoms. The summed E-state index contributed by atoms with van der Waals surface area (Å²) < 4.78 is 34.0. The number of cyclic esters (lactones) is 1. The zero-order chi connectivity index (χ0) is 21.0. The van der Waals surface area contributed by atoms with Crippen molar-refractivity contribution in [2.45, 2.75) is 0 Å². The van der Waals surface area contributed by atoms with Gasteiger partial charge in [0.15, 0.2) is 23.8 Å². The summed E-state index contributed by atoms with van der Waals surface area (Å²) in [5, 5.41) is 0.143. The lowest BCUT2D eigenvalue weighted by Gasteiger charge is -2.12. The van der Waals surface area contributed by atoms with E-state index in [1.165, 1.54) is 50.6 Å². The smallest absolute Gasteiger partial charge is 0.363 e. The summed E-state index contributed by atoms with van der Waals surface area (Å²) in [5.41, 5.74) is 0.499. The number of esters is 2. The van der Waals surface area contributed by atoms with E-state index in [1.807, 2.05) is 0 Å². The Hall–Kier alpha value is -3.39. The summed E-state index contributed by atoms with van der Waals surface area (Å²) in [4.78, 5) is 27.5. The molecule has 7 nitrogen and oxygen atoms in total. The number of benzene rings is 2. The Kier molecular flexibility index (Phi) is 6.13. The van der Waals surface area contributed by atoms with Crippen molar-refractivity contribution in [2.75, 3.05) is 20.8 Å². The molecule has 9 heteroatoms. The number of halogens is 2. The first-order chi connectivity index (χ1) is 13.9. The second-order valence-electron chi connectivity index (χ2n) is 5.71. The van der Waals surface area contributed by atoms with E-state index in [4.69, 9.17) is 25.8 Å². The number of rotatable bonds is 6. The average molecular weight is 420 g/mol. The monoisotopic (exact) mass is 419 g/mol. The van der Waals surface area contributed by atoms with Gasteiger partial charge in [-0.1, -0.05) is 23.7 Å². The SMILES string of the molecule is COC(=O)COc1c(Cl)cc(C=C2N=C(c3ccccc3F)OC2=O)cc1OC. The first-order valence-corrected chi connectivity index (χ1v) is 8.65. The summed E-state index contributed by atoms with van der Waals surface area (Å²) >= 11 is 6.22. The lowest BCUT2D eigenvalue weighted by Crippen LogP contribution is -2.13. The molecule has 0 aliphatic carbocycles. The highest BCUT2D eigenvalue weighted by atomic mass is 35.5. The highest BCUT2D eigenvalue weighted by molar-refractivity contribution is 6.32. The molecule has 1 aliphatic heterocycles. The maximum Gasteiger partial charge on any atom is 0.363 e. The van der Waals surface area contributed by atoms with Crippen molar-refractivity contribution < 1.29 is 32.9 Å². The van der Waals surface area contributed by atoms with Crippen LogP contribution >= 0.6 is 11.6 Å². The Balaban J connectivity index is 1.91. The van der Waals surface area contributed by atoms with Crippen molar-refractivity contribution in [1.82, 2.24) is 0 Å². The van der Waals surface area contributed by atoms with E-state index in [1.54, 1.807) is 6.07 Å². The number of hydrogen-bond acceptors (Lipinski definition) is 7. The number of methoxy groups -OCH3 is 2. The fraction of sp³-hybridized carbons (Fsp3) is 0.150. The molecule has 0 saturated carbocycles. The Morgan fingerprint density at radius 3 is 2.72 bits per heavy atom. The van der Waals surface area contributed by atoms with Crippen LogP contribution in [0.1, 0.15) is 11.1 Å². The number of nitrogens with zero attached hydrogens (tertiary/aromatic N) is 1. The van der Waals surface area contributed by atoms with Crippen molar-refractivity contribution in [2.24, 2.45) is 4.99 Å². The molecule has 2 aromatic rings. The van der Waals surface area contributed by atoms with Gasteiger partial charge >= 0.3 is 11.9 Å². The third-order valence-corrected chi connectivity index (χ3v) is 4.12. The van der Waals surface area contributed by atoms with Gasteiger partial charge < -0.3 is 18.9 Å². The molecule has 0 atom stereocenters. The predicted molar refractivity (Wildman–Crippen MR) is 103 cm³/mol. The van der Waals surface area contributed by atoms with Gasteiger partial charge in [-0.15, -0.1) is 0 Å². The minimum absolute atomic E-state index is 0.0374. The second-order valence-corrected chi connectivity index (χ2v) is 6.12. The van der Waals surface area contributed by atoms with E-state index in [-0.39, 0.29) is 40.3 Å². The standard InChI is InChI=1S/C20H15ClFNO6/c1-26-16-9-11(7-13(21)18(16)28-10-17(24)27-2)8-15-20(25)29-19(23-15)12-5-3-4-6-14(12)22/h3-9H,10H2,1-2H3. The molecule has 1 heterocycles. The summed E-state index contributed by atoms with van der Waals surface area (Å²) in [5.74, 6) is -1.63. The first-order valence-electron chi connectivity index (χ1n) is 8.27. The average Bonchev–Trinajstić information content (AvgIpc) is 3.06. The van der Waals surface area contributed by atoms with Crippen LogP contribution in [0.5, 0.6) is 11.5 Å². The third-order valence-electron chi connectivity index (χ3n) is 3.84.